The predicted molar refractivity (Wildman–Crippen MR) is 87.0 cm³/mol. The second kappa shape index (κ2) is 6.59. The van der Waals surface area contributed by atoms with Gasteiger partial charge in [-0.2, -0.15) is 0 Å². The second-order valence-electron chi connectivity index (χ2n) is 4.21. The first-order chi connectivity index (χ1) is 9.90. The van der Waals surface area contributed by atoms with Crippen LogP contribution in [0.3, 0.4) is 0 Å². The summed E-state index contributed by atoms with van der Waals surface area (Å²) in [5, 5.41) is 2.54. The molecule has 1 amide bonds. The molecule has 5 nitrogen and oxygen atoms in total. The van der Waals surface area contributed by atoms with Gasteiger partial charge in [-0.3, -0.25) is 9.52 Å². The lowest BCUT2D eigenvalue weighted by Crippen LogP contribution is -2.19. The molecule has 0 radical (unpaired) electrons. The number of carbonyl (C=O) groups is 1. The molecule has 0 saturated carbocycles. The average molecular weight is 389 g/mol. The van der Waals surface area contributed by atoms with Gasteiger partial charge in [0.1, 0.15) is 4.21 Å². The van der Waals surface area contributed by atoms with Crippen LogP contribution in [-0.2, 0) is 21.2 Å². The minimum absolute atomic E-state index is 0.0910. The first-order valence-corrected chi connectivity index (χ1v) is 9.07. The van der Waals surface area contributed by atoms with Gasteiger partial charge in [-0.15, -0.1) is 11.3 Å². The summed E-state index contributed by atoms with van der Waals surface area (Å²) in [5.74, 6) is -0.0910. The monoisotopic (exact) mass is 388 g/mol. The van der Waals surface area contributed by atoms with Gasteiger partial charge in [0.15, 0.2) is 0 Å². The largest absolute Gasteiger partial charge is 0.359 e. The molecule has 0 spiro atoms. The molecule has 0 aliphatic carbocycles. The van der Waals surface area contributed by atoms with Gasteiger partial charge in [0, 0.05) is 12.7 Å². The Morgan fingerprint density at radius 2 is 1.86 bits per heavy atom. The Bertz CT molecular complexity index is 739. The van der Waals surface area contributed by atoms with Gasteiger partial charge in [-0.25, -0.2) is 8.42 Å². The van der Waals surface area contributed by atoms with E-state index in [1.807, 2.05) is 0 Å². The van der Waals surface area contributed by atoms with Crippen LogP contribution in [0.4, 0.5) is 5.69 Å². The Morgan fingerprint density at radius 3 is 2.38 bits per heavy atom. The Morgan fingerprint density at radius 1 is 1.19 bits per heavy atom. The van der Waals surface area contributed by atoms with Crippen molar-refractivity contribution in [2.45, 2.75) is 10.6 Å². The molecule has 0 aliphatic heterocycles. The number of carbonyl (C=O) groups excluding carboxylic acids is 1. The van der Waals surface area contributed by atoms with Crippen LogP contribution in [0.15, 0.2) is 44.4 Å². The molecule has 0 atom stereocenters. The molecule has 1 aromatic carbocycles. The molecule has 2 rings (SSSR count). The van der Waals surface area contributed by atoms with Crippen molar-refractivity contribution >= 4 is 48.9 Å². The zero-order valence-corrected chi connectivity index (χ0v) is 14.3. The van der Waals surface area contributed by atoms with Gasteiger partial charge in [-0.1, -0.05) is 12.1 Å². The van der Waals surface area contributed by atoms with E-state index in [1.165, 1.54) is 6.07 Å². The average Bonchev–Trinajstić information content (AvgIpc) is 2.88. The van der Waals surface area contributed by atoms with Crippen molar-refractivity contribution in [1.29, 1.82) is 0 Å². The third kappa shape index (κ3) is 4.29. The highest BCUT2D eigenvalue weighted by atomic mass is 79.9. The predicted octanol–water partition coefficient (Wildman–Crippen LogP) is 2.60. The highest BCUT2D eigenvalue weighted by Crippen LogP contribution is 2.27. The van der Waals surface area contributed by atoms with Gasteiger partial charge in [-0.05, 0) is 45.8 Å². The summed E-state index contributed by atoms with van der Waals surface area (Å²) in [4.78, 5) is 11.3. The molecular formula is C13H13BrN2O3S2. The number of sulfonamides is 1. The number of rotatable bonds is 5. The van der Waals surface area contributed by atoms with Crippen LogP contribution in [0, 0.1) is 0 Å². The Labute approximate surface area is 135 Å². The highest BCUT2D eigenvalue weighted by molar-refractivity contribution is 9.11. The van der Waals surface area contributed by atoms with Crippen molar-refractivity contribution in [3.8, 4) is 0 Å². The van der Waals surface area contributed by atoms with Crippen LogP contribution in [-0.4, -0.2) is 21.4 Å². The Balaban J connectivity index is 2.11. The molecule has 112 valence electrons. The van der Waals surface area contributed by atoms with Crippen molar-refractivity contribution < 1.29 is 13.2 Å². The maximum Gasteiger partial charge on any atom is 0.271 e. The van der Waals surface area contributed by atoms with E-state index in [0.717, 1.165) is 20.7 Å². The van der Waals surface area contributed by atoms with Crippen molar-refractivity contribution in [2.24, 2.45) is 0 Å². The molecule has 2 aromatic rings. The molecule has 1 heterocycles. The van der Waals surface area contributed by atoms with Crippen molar-refractivity contribution in [3.63, 3.8) is 0 Å². The molecule has 21 heavy (non-hydrogen) atoms. The van der Waals surface area contributed by atoms with E-state index in [0.29, 0.717) is 5.69 Å². The fraction of sp³-hybridized carbons (Fsp3) is 0.154. The number of nitrogens with one attached hydrogen (secondary N) is 2. The summed E-state index contributed by atoms with van der Waals surface area (Å²) in [6.45, 7) is 0. The molecule has 0 bridgehead atoms. The normalized spacial score (nSPS) is 11.1. The highest BCUT2D eigenvalue weighted by Gasteiger charge is 2.16. The lowest BCUT2D eigenvalue weighted by molar-refractivity contribution is -0.119. The van der Waals surface area contributed by atoms with E-state index in [2.05, 4.69) is 26.0 Å². The van der Waals surface area contributed by atoms with Crippen LogP contribution >= 0.6 is 27.3 Å². The van der Waals surface area contributed by atoms with E-state index in [4.69, 9.17) is 0 Å². The van der Waals surface area contributed by atoms with Gasteiger partial charge in [0.25, 0.3) is 10.0 Å². The summed E-state index contributed by atoms with van der Waals surface area (Å²) in [7, 11) is -2.00. The summed E-state index contributed by atoms with van der Waals surface area (Å²) in [6.07, 6.45) is 0.265. The molecule has 0 saturated heterocycles. The minimum Gasteiger partial charge on any atom is -0.359 e. The van der Waals surface area contributed by atoms with Crippen LogP contribution in [0.5, 0.6) is 0 Å². The third-order valence-corrected chi connectivity index (χ3v) is 6.16. The van der Waals surface area contributed by atoms with Gasteiger partial charge >= 0.3 is 0 Å². The van der Waals surface area contributed by atoms with Crippen LogP contribution in [0.1, 0.15) is 5.56 Å². The minimum atomic E-state index is -3.57. The lowest BCUT2D eigenvalue weighted by Gasteiger charge is -2.07. The summed E-state index contributed by atoms with van der Waals surface area (Å²) in [5.41, 5.74) is 1.27. The molecule has 0 aliphatic rings. The topological polar surface area (TPSA) is 75.3 Å². The quantitative estimate of drug-likeness (QED) is 0.826. The van der Waals surface area contributed by atoms with Crippen molar-refractivity contribution in [1.82, 2.24) is 5.32 Å². The SMILES string of the molecule is CNC(=O)Cc1ccc(NS(=O)(=O)c2ccc(Br)s2)cc1. The molecule has 8 heteroatoms. The van der Waals surface area contributed by atoms with Crippen LogP contribution in [0.2, 0.25) is 0 Å². The standard InChI is InChI=1S/C13H13BrN2O3S2/c1-15-12(17)8-9-2-4-10(5-3-9)16-21(18,19)13-7-6-11(14)20-13/h2-7,16H,8H2,1H3,(H,15,17). The van der Waals surface area contributed by atoms with Gasteiger partial charge < -0.3 is 5.32 Å². The summed E-state index contributed by atoms with van der Waals surface area (Å²) < 4.78 is 27.8. The molecule has 2 N–H and O–H groups in total. The number of thiophene rings is 1. The zero-order chi connectivity index (χ0) is 15.5. The van der Waals surface area contributed by atoms with Crippen LogP contribution in [0.25, 0.3) is 0 Å². The number of benzene rings is 1. The number of amides is 1. The van der Waals surface area contributed by atoms with E-state index >= 15 is 0 Å². The maximum atomic E-state index is 12.1. The molecule has 0 fully saturated rings. The van der Waals surface area contributed by atoms with Gasteiger partial charge in [0.05, 0.1) is 10.2 Å². The first kappa shape index (κ1) is 16.0. The summed E-state index contributed by atoms with van der Waals surface area (Å²) >= 11 is 4.38. The molecular weight excluding hydrogens is 376 g/mol. The number of likely N-dealkylation sites (N-methyl/N-ethyl adjacent to an activating group) is 1. The number of hydrogen-bond acceptors (Lipinski definition) is 4. The Kier molecular flexibility index (Phi) is 5.02. The fourth-order valence-corrected chi connectivity index (χ4v) is 4.68. The first-order valence-electron chi connectivity index (χ1n) is 5.98. The van der Waals surface area contributed by atoms with Crippen molar-refractivity contribution in [3.05, 3.63) is 45.7 Å². The van der Waals surface area contributed by atoms with Crippen molar-refractivity contribution in [2.75, 3.05) is 11.8 Å². The number of anilines is 1. The number of halogens is 1. The van der Waals surface area contributed by atoms with E-state index < -0.39 is 10.0 Å². The van der Waals surface area contributed by atoms with E-state index in [1.54, 1.807) is 37.4 Å². The smallest absolute Gasteiger partial charge is 0.271 e. The molecule has 1 aromatic heterocycles. The fourth-order valence-electron chi connectivity index (χ4n) is 1.61. The van der Waals surface area contributed by atoms with Crippen LogP contribution < -0.4 is 10.0 Å². The van der Waals surface area contributed by atoms with Gasteiger partial charge in [0.2, 0.25) is 5.91 Å². The summed E-state index contributed by atoms with van der Waals surface area (Å²) in [6, 6.07) is 9.94. The number of hydrogen-bond donors (Lipinski definition) is 2. The Hall–Kier alpha value is -1.38. The maximum absolute atomic E-state index is 12.1. The lowest BCUT2D eigenvalue weighted by atomic mass is 10.1. The zero-order valence-electron chi connectivity index (χ0n) is 11.1. The molecule has 0 unspecified atom stereocenters. The second-order valence-corrected chi connectivity index (χ2v) is 8.58. The van der Waals surface area contributed by atoms with E-state index in [9.17, 15) is 13.2 Å². The van der Waals surface area contributed by atoms with E-state index in [-0.39, 0.29) is 16.5 Å². The third-order valence-electron chi connectivity index (χ3n) is 2.66.